The van der Waals surface area contributed by atoms with E-state index in [0.29, 0.717) is 44.8 Å². The van der Waals surface area contributed by atoms with Gasteiger partial charge in [-0.15, -0.1) is 0 Å². The van der Waals surface area contributed by atoms with Crippen molar-refractivity contribution in [3.63, 3.8) is 0 Å². The molecule has 3 aromatic carbocycles. The molecule has 10 heteroatoms. The summed E-state index contributed by atoms with van der Waals surface area (Å²) >= 11 is 6.13. The van der Waals surface area contributed by atoms with E-state index in [9.17, 15) is 22.8 Å². The first-order valence-corrected chi connectivity index (χ1v) is 11.0. The van der Waals surface area contributed by atoms with Gasteiger partial charge in [0.15, 0.2) is 0 Å². The molecule has 35 heavy (non-hydrogen) atoms. The van der Waals surface area contributed by atoms with E-state index in [1.165, 1.54) is 18.5 Å². The number of aromatic amines is 1. The zero-order valence-electron chi connectivity index (χ0n) is 18.2. The molecule has 4 rings (SSSR count). The molecule has 0 fully saturated rings. The lowest BCUT2D eigenvalue weighted by Crippen LogP contribution is -2.26. The summed E-state index contributed by atoms with van der Waals surface area (Å²) in [6.07, 6.45) is -2.71. The number of carbonyl (C=O) groups is 1. The van der Waals surface area contributed by atoms with Crippen LogP contribution in [-0.2, 0) is 6.18 Å². The lowest BCUT2D eigenvalue weighted by atomic mass is 9.97. The van der Waals surface area contributed by atoms with Crippen molar-refractivity contribution in [2.75, 3.05) is 13.2 Å². The minimum Gasteiger partial charge on any atom is -0.494 e. The number of hydrogen-bond acceptors (Lipinski definition) is 4. The molecule has 0 spiro atoms. The van der Waals surface area contributed by atoms with Gasteiger partial charge in [0.1, 0.15) is 5.75 Å². The van der Waals surface area contributed by atoms with Crippen molar-refractivity contribution in [1.29, 1.82) is 0 Å². The average molecular weight is 502 g/mol. The number of alkyl halides is 3. The van der Waals surface area contributed by atoms with Gasteiger partial charge in [-0.05, 0) is 66.1 Å². The Balaban J connectivity index is 1.44. The van der Waals surface area contributed by atoms with Crippen LogP contribution in [0.2, 0.25) is 5.02 Å². The molecule has 0 saturated heterocycles. The topological polar surface area (TPSA) is 84.1 Å². The zero-order chi connectivity index (χ0) is 25.0. The number of carbonyl (C=O) groups excluding carboxylic acids is 1. The maximum atomic E-state index is 13.0. The first-order chi connectivity index (χ1) is 16.7. The smallest absolute Gasteiger partial charge is 0.416 e. The van der Waals surface area contributed by atoms with Crippen molar-refractivity contribution >= 4 is 28.4 Å². The number of benzene rings is 3. The number of ether oxygens (including phenoxy) is 1. The number of hydrogen-bond donors (Lipinski definition) is 2. The molecule has 4 aromatic rings. The Labute approximate surface area is 202 Å². The highest BCUT2D eigenvalue weighted by Gasteiger charge is 2.30. The van der Waals surface area contributed by atoms with Crippen LogP contribution >= 0.6 is 11.6 Å². The number of nitrogens with zero attached hydrogens (tertiary/aromatic N) is 1. The fourth-order valence-electron chi connectivity index (χ4n) is 3.50. The van der Waals surface area contributed by atoms with Crippen LogP contribution < -0.4 is 15.6 Å². The standard InChI is InChI=1S/C25H19ClF3N3O3/c26-17-4-1-3-15(11-17)19-12-21-22(31-14-32-24(21)34)13-20(19)23(33)30-9-2-10-35-18-7-5-16(6-8-18)25(27,28)29/h1,3-8,11-14H,2,9-10H2,(H,30,33)(H,31,32,34). The Hall–Kier alpha value is -3.85. The normalized spacial score (nSPS) is 11.4. The first kappa shape index (κ1) is 24.3. The summed E-state index contributed by atoms with van der Waals surface area (Å²) in [5.41, 5.74) is 0.803. The summed E-state index contributed by atoms with van der Waals surface area (Å²) in [6, 6.07) is 14.5. The number of halogens is 4. The fourth-order valence-corrected chi connectivity index (χ4v) is 3.69. The van der Waals surface area contributed by atoms with E-state index in [1.807, 2.05) is 0 Å². The first-order valence-electron chi connectivity index (χ1n) is 10.6. The molecule has 1 aromatic heterocycles. The Kier molecular flexibility index (Phi) is 7.07. The molecule has 0 atom stereocenters. The van der Waals surface area contributed by atoms with Crippen molar-refractivity contribution in [3.8, 4) is 16.9 Å². The quantitative estimate of drug-likeness (QED) is 0.329. The molecule has 0 unspecified atom stereocenters. The van der Waals surface area contributed by atoms with E-state index in [0.717, 1.165) is 12.1 Å². The lowest BCUT2D eigenvalue weighted by molar-refractivity contribution is -0.137. The van der Waals surface area contributed by atoms with Gasteiger partial charge < -0.3 is 15.0 Å². The fraction of sp³-hybridized carbons (Fsp3) is 0.160. The molecule has 1 amide bonds. The van der Waals surface area contributed by atoms with Crippen LogP contribution in [0.15, 0.2) is 71.8 Å². The number of fused-ring (bicyclic) bond motifs is 1. The molecule has 0 saturated carbocycles. The minimum absolute atomic E-state index is 0.196. The largest absolute Gasteiger partial charge is 0.494 e. The molecule has 6 nitrogen and oxygen atoms in total. The van der Waals surface area contributed by atoms with Gasteiger partial charge in [-0.2, -0.15) is 13.2 Å². The maximum Gasteiger partial charge on any atom is 0.416 e. The third-order valence-electron chi connectivity index (χ3n) is 5.22. The SMILES string of the molecule is O=C(NCCCOc1ccc(C(F)(F)F)cc1)c1cc2nc[nH]c(=O)c2cc1-c1cccc(Cl)c1. The molecule has 2 N–H and O–H groups in total. The van der Waals surface area contributed by atoms with Crippen LogP contribution in [0, 0.1) is 0 Å². The van der Waals surface area contributed by atoms with Crippen LogP contribution in [0.4, 0.5) is 13.2 Å². The van der Waals surface area contributed by atoms with Gasteiger partial charge >= 0.3 is 6.18 Å². The lowest BCUT2D eigenvalue weighted by Gasteiger charge is -2.13. The molecule has 0 aliphatic rings. The summed E-state index contributed by atoms with van der Waals surface area (Å²) in [5.74, 6) is -0.0723. The zero-order valence-corrected chi connectivity index (χ0v) is 18.9. The second-order valence-electron chi connectivity index (χ2n) is 7.64. The van der Waals surface area contributed by atoms with Crippen molar-refractivity contribution in [1.82, 2.24) is 15.3 Å². The van der Waals surface area contributed by atoms with Gasteiger partial charge in [0.05, 0.1) is 29.4 Å². The summed E-state index contributed by atoms with van der Waals surface area (Å²) in [5, 5.41) is 3.62. The third kappa shape index (κ3) is 5.81. The van der Waals surface area contributed by atoms with Gasteiger partial charge in [-0.25, -0.2) is 4.98 Å². The molecule has 1 heterocycles. The molecule has 0 aliphatic carbocycles. The summed E-state index contributed by atoms with van der Waals surface area (Å²) in [4.78, 5) is 31.9. The number of H-pyrrole nitrogens is 1. The van der Waals surface area contributed by atoms with Crippen molar-refractivity contribution in [2.45, 2.75) is 12.6 Å². The molecule has 180 valence electrons. The number of amides is 1. The van der Waals surface area contributed by atoms with Crippen molar-refractivity contribution in [2.24, 2.45) is 0 Å². The second kappa shape index (κ2) is 10.2. The predicted molar refractivity (Wildman–Crippen MR) is 127 cm³/mol. The highest BCUT2D eigenvalue weighted by atomic mass is 35.5. The highest BCUT2D eigenvalue weighted by Crippen LogP contribution is 2.31. The van der Waals surface area contributed by atoms with Gasteiger partial charge in [0.2, 0.25) is 0 Å². The molecule has 0 bridgehead atoms. The Morgan fingerprint density at radius 1 is 1.09 bits per heavy atom. The Morgan fingerprint density at radius 3 is 2.57 bits per heavy atom. The predicted octanol–water partition coefficient (Wildman–Crippen LogP) is 5.46. The molecular weight excluding hydrogens is 483 g/mol. The Bertz CT molecular complexity index is 1420. The average Bonchev–Trinajstić information content (AvgIpc) is 2.83. The molecule has 0 aliphatic heterocycles. The summed E-state index contributed by atoms with van der Waals surface area (Å²) < 4.78 is 43.4. The highest BCUT2D eigenvalue weighted by molar-refractivity contribution is 6.30. The minimum atomic E-state index is -4.40. The van der Waals surface area contributed by atoms with Crippen LogP contribution in [0.1, 0.15) is 22.3 Å². The van der Waals surface area contributed by atoms with Crippen LogP contribution in [0.3, 0.4) is 0 Å². The van der Waals surface area contributed by atoms with Crippen LogP contribution in [-0.4, -0.2) is 29.0 Å². The maximum absolute atomic E-state index is 13.0. The summed E-state index contributed by atoms with van der Waals surface area (Å²) in [7, 11) is 0. The van der Waals surface area contributed by atoms with Gasteiger partial charge in [-0.1, -0.05) is 23.7 Å². The summed E-state index contributed by atoms with van der Waals surface area (Å²) in [6.45, 7) is 0.455. The van der Waals surface area contributed by atoms with E-state index in [1.54, 1.807) is 36.4 Å². The van der Waals surface area contributed by atoms with E-state index in [4.69, 9.17) is 16.3 Å². The van der Waals surface area contributed by atoms with Crippen LogP contribution in [0.25, 0.3) is 22.0 Å². The Morgan fingerprint density at radius 2 is 1.86 bits per heavy atom. The monoisotopic (exact) mass is 501 g/mol. The number of aromatic nitrogens is 2. The second-order valence-corrected chi connectivity index (χ2v) is 8.07. The van der Waals surface area contributed by atoms with E-state index >= 15 is 0 Å². The van der Waals surface area contributed by atoms with E-state index < -0.39 is 11.7 Å². The van der Waals surface area contributed by atoms with Crippen LogP contribution in [0.5, 0.6) is 5.75 Å². The van der Waals surface area contributed by atoms with Gasteiger partial charge in [0, 0.05) is 17.1 Å². The van der Waals surface area contributed by atoms with Crippen molar-refractivity contribution in [3.05, 3.63) is 93.5 Å². The van der Waals surface area contributed by atoms with E-state index in [2.05, 4.69) is 15.3 Å². The molecular formula is C25H19ClF3N3O3. The van der Waals surface area contributed by atoms with Gasteiger partial charge in [-0.3, -0.25) is 9.59 Å². The number of nitrogens with one attached hydrogen (secondary N) is 2. The van der Waals surface area contributed by atoms with Crippen molar-refractivity contribution < 1.29 is 22.7 Å². The third-order valence-corrected chi connectivity index (χ3v) is 5.45. The van der Waals surface area contributed by atoms with Gasteiger partial charge in [0.25, 0.3) is 11.5 Å². The molecule has 0 radical (unpaired) electrons. The number of rotatable bonds is 7. The van der Waals surface area contributed by atoms with E-state index in [-0.39, 0.29) is 24.6 Å².